The Morgan fingerprint density at radius 3 is 2.24 bits per heavy atom. The normalized spacial score (nSPS) is 16.4. The lowest BCUT2D eigenvalue weighted by Crippen LogP contribution is -2.56. The molecule has 5 heterocycles. The largest absolute Gasteiger partial charge is 0.458 e. The van der Waals surface area contributed by atoms with Crippen molar-refractivity contribution in [2.45, 2.75) is 123 Å². The minimum atomic E-state index is -1.96. The van der Waals surface area contributed by atoms with Crippen LogP contribution in [0.3, 0.4) is 0 Å². The SMILES string of the molecule is CCCN(CCC)CCCC[C@H](NC(=O)[C@@H](NC(=O)OCC1c2ccccc2-c2ccccc21)C(C)C)C(=O)NCC(=O)NCOCCCc1c2c(nc3cc4c(cc13)OCO4)-c1cc3c(c(=O)n1C2)COC(=O)[C@]3(O)CC. The van der Waals surface area contributed by atoms with Crippen molar-refractivity contribution in [3.05, 3.63) is 110 Å². The van der Waals surface area contributed by atoms with E-state index in [1.165, 1.54) is 0 Å². The van der Waals surface area contributed by atoms with Gasteiger partial charge in [0.05, 0.1) is 35.6 Å². The molecule has 414 valence electrons. The first kappa shape index (κ1) is 55.4. The smallest absolute Gasteiger partial charge is 0.407 e. The molecule has 3 aliphatic heterocycles. The molecule has 9 rings (SSSR count). The van der Waals surface area contributed by atoms with Gasteiger partial charge in [-0.05, 0) is 117 Å². The third-order valence-corrected chi connectivity index (χ3v) is 15.3. The van der Waals surface area contributed by atoms with Gasteiger partial charge in [-0.15, -0.1) is 0 Å². The molecular weight excluding hydrogens is 999 g/mol. The van der Waals surface area contributed by atoms with E-state index >= 15 is 0 Å². The maximum Gasteiger partial charge on any atom is 0.407 e. The molecule has 0 bridgehead atoms. The molecule has 0 radical (unpaired) electrons. The summed E-state index contributed by atoms with van der Waals surface area (Å²) in [5, 5.41) is 23.2. The Hall–Kier alpha value is -7.35. The number of ether oxygens (including phenoxy) is 5. The predicted octanol–water partition coefficient (Wildman–Crippen LogP) is 6.29. The van der Waals surface area contributed by atoms with Gasteiger partial charge in [-0.2, -0.15) is 0 Å². The van der Waals surface area contributed by atoms with Crippen molar-refractivity contribution in [3.8, 4) is 34.0 Å². The van der Waals surface area contributed by atoms with Crippen molar-refractivity contribution in [1.82, 2.24) is 35.7 Å². The van der Waals surface area contributed by atoms with Crippen LogP contribution in [0.4, 0.5) is 4.79 Å². The molecule has 2 aromatic heterocycles. The molecular formula is C59H71N7O12. The van der Waals surface area contributed by atoms with E-state index in [4.69, 9.17) is 28.7 Å². The van der Waals surface area contributed by atoms with E-state index < -0.39 is 47.5 Å². The zero-order valence-corrected chi connectivity index (χ0v) is 45.2. The van der Waals surface area contributed by atoms with E-state index in [9.17, 15) is 33.9 Å². The average molecular weight is 1070 g/mol. The van der Waals surface area contributed by atoms with E-state index in [1.807, 2.05) is 42.5 Å². The zero-order valence-electron chi connectivity index (χ0n) is 45.2. The third-order valence-electron chi connectivity index (χ3n) is 15.3. The van der Waals surface area contributed by atoms with Crippen LogP contribution >= 0.6 is 0 Å². The fourth-order valence-electron chi connectivity index (χ4n) is 11.2. The van der Waals surface area contributed by atoms with Gasteiger partial charge in [0.1, 0.15) is 32.0 Å². The summed E-state index contributed by atoms with van der Waals surface area (Å²) in [6, 6.07) is 19.4. The van der Waals surface area contributed by atoms with Gasteiger partial charge in [-0.3, -0.25) is 19.2 Å². The fraction of sp³-hybridized carbons (Fsp3) is 0.475. The first-order valence-electron chi connectivity index (χ1n) is 27.4. The number of aromatic nitrogens is 2. The molecule has 0 unspecified atom stereocenters. The number of aryl methyl sites for hydroxylation is 1. The molecule has 19 heteroatoms. The van der Waals surface area contributed by atoms with Crippen molar-refractivity contribution in [1.29, 1.82) is 0 Å². The quantitative estimate of drug-likeness (QED) is 0.0241. The van der Waals surface area contributed by atoms with Crippen LogP contribution in [-0.4, -0.2) is 114 Å². The molecule has 0 saturated carbocycles. The van der Waals surface area contributed by atoms with Gasteiger partial charge in [-0.1, -0.05) is 83.1 Å². The van der Waals surface area contributed by atoms with Crippen molar-refractivity contribution in [2.75, 3.05) is 52.9 Å². The monoisotopic (exact) mass is 1070 g/mol. The highest BCUT2D eigenvalue weighted by molar-refractivity contribution is 5.94. The molecule has 0 fully saturated rings. The van der Waals surface area contributed by atoms with E-state index in [1.54, 1.807) is 37.5 Å². The maximum atomic E-state index is 14.0. The second-order valence-corrected chi connectivity index (χ2v) is 20.8. The highest BCUT2D eigenvalue weighted by Crippen LogP contribution is 2.46. The molecule has 4 aliphatic rings. The summed E-state index contributed by atoms with van der Waals surface area (Å²) in [6.07, 6.45) is 4.07. The fourth-order valence-corrected chi connectivity index (χ4v) is 11.2. The number of pyridine rings is 2. The molecule has 3 atom stereocenters. The lowest BCUT2D eigenvalue weighted by atomic mass is 9.86. The number of hydrogen-bond donors (Lipinski definition) is 5. The van der Waals surface area contributed by atoms with Crippen LogP contribution in [0.25, 0.3) is 33.4 Å². The number of esters is 1. The number of carbonyl (C=O) groups is 5. The lowest BCUT2D eigenvalue weighted by Gasteiger charge is -2.31. The number of rotatable bonds is 25. The predicted molar refractivity (Wildman–Crippen MR) is 291 cm³/mol. The number of alkyl carbamates (subject to hydrolysis) is 1. The summed E-state index contributed by atoms with van der Waals surface area (Å²) in [4.78, 5) is 88.5. The van der Waals surface area contributed by atoms with Crippen LogP contribution in [0.5, 0.6) is 11.5 Å². The summed E-state index contributed by atoms with van der Waals surface area (Å²) in [5.41, 5.74) is 5.84. The van der Waals surface area contributed by atoms with Crippen LogP contribution in [0.15, 0.2) is 71.5 Å². The van der Waals surface area contributed by atoms with Crippen LogP contribution in [0.1, 0.15) is 119 Å². The average Bonchev–Trinajstić information content (AvgIpc) is 4.16. The third kappa shape index (κ3) is 11.6. The topological polar surface area (TPSA) is 238 Å². The molecule has 0 spiro atoms. The van der Waals surface area contributed by atoms with E-state index in [0.29, 0.717) is 54.1 Å². The van der Waals surface area contributed by atoms with E-state index in [2.05, 4.69) is 52.1 Å². The van der Waals surface area contributed by atoms with Crippen molar-refractivity contribution in [2.24, 2.45) is 5.92 Å². The molecule has 1 aliphatic carbocycles. The summed E-state index contributed by atoms with van der Waals surface area (Å²) in [6.45, 7) is 12.2. The number of amides is 4. The van der Waals surface area contributed by atoms with E-state index in [-0.39, 0.29) is 81.4 Å². The first-order chi connectivity index (χ1) is 37.7. The van der Waals surface area contributed by atoms with Gasteiger partial charge < -0.3 is 59.5 Å². The van der Waals surface area contributed by atoms with Gasteiger partial charge >= 0.3 is 12.1 Å². The zero-order chi connectivity index (χ0) is 55.1. The minimum Gasteiger partial charge on any atom is -0.458 e. The lowest BCUT2D eigenvalue weighted by molar-refractivity contribution is -0.172. The summed E-state index contributed by atoms with van der Waals surface area (Å²) in [7, 11) is 0. The summed E-state index contributed by atoms with van der Waals surface area (Å²) >= 11 is 0. The second kappa shape index (κ2) is 24.5. The molecule has 3 aromatic carbocycles. The van der Waals surface area contributed by atoms with E-state index in [0.717, 1.165) is 77.7 Å². The Bertz CT molecular complexity index is 3090. The van der Waals surface area contributed by atoms with Crippen LogP contribution in [0, 0.1) is 5.92 Å². The highest BCUT2D eigenvalue weighted by atomic mass is 16.7. The number of nitrogens with one attached hydrogen (secondary N) is 4. The molecule has 0 saturated heterocycles. The van der Waals surface area contributed by atoms with Gasteiger partial charge in [0.25, 0.3) is 5.56 Å². The minimum absolute atomic E-state index is 0.0228. The van der Waals surface area contributed by atoms with Crippen LogP contribution in [-0.2, 0) is 58.6 Å². The number of aliphatic hydroxyl groups is 1. The number of cyclic esters (lactones) is 1. The molecule has 78 heavy (non-hydrogen) atoms. The molecule has 5 aromatic rings. The Labute approximate surface area is 453 Å². The molecule has 4 amide bonds. The summed E-state index contributed by atoms with van der Waals surface area (Å²) in [5.74, 6) is -1.77. The van der Waals surface area contributed by atoms with Gasteiger partial charge in [0.2, 0.25) is 24.5 Å². The number of nitrogens with zero attached hydrogens (tertiary/aromatic N) is 3. The van der Waals surface area contributed by atoms with Gasteiger partial charge in [0.15, 0.2) is 17.1 Å². The molecule has 5 N–H and O–H groups in total. The maximum absolute atomic E-state index is 14.0. The number of unbranched alkanes of at least 4 members (excludes halogenated alkanes) is 1. The van der Waals surface area contributed by atoms with Gasteiger partial charge in [0, 0.05) is 35.1 Å². The number of benzene rings is 3. The Morgan fingerprint density at radius 1 is 0.846 bits per heavy atom. The second-order valence-electron chi connectivity index (χ2n) is 20.8. The first-order valence-corrected chi connectivity index (χ1v) is 27.4. The van der Waals surface area contributed by atoms with Crippen LogP contribution in [0.2, 0.25) is 0 Å². The Balaban J connectivity index is 0.797. The molecule has 19 nitrogen and oxygen atoms in total. The van der Waals surface area contributed by atoms with Crippen molar-refractivity contribution in [3.63, 3.8) is 0 Å². The standard InChI is InChI=1S/C59H71N7O12/c1-6-22-65(23-7-2)24-14-13-21-46(63-55(69)52(35(4)5)64-58(72)76-31-43-38-18-11-9-16-36(38)37-17-10-12-19-39(37)43)54(68)60-29-51(67)61-33-74-25-15-20-40-41-26-49-50(78-34-77-49)28-47(41)62-53-42(40)30-66-48(53)27-45-44(56(66)70)32-75-57(71)59(45,73)8-3/h9-12,16-19,26-28,35,43,46,52,73H,6-8,13-15,20-25,29-34H2,1-5H3,(H,60,68)(H,61,67)(H,63,69)(H,64,72)/t46-,52-,59-/m0/s1. The van der Waals surface area contributed by atoms with Gasteiger partial charge in [-0.25, -0.2) is 14.6 Å². The highest BCUT2D eigenvalue weighted by Gasteiger charge is 2.46. The Kier molecular flexibility index (Phi) is 17.4. The summed E-state index contributed by atoms with van der Waals surface area (Å²) < 4.78 is 29.9. The number of fused-ring (bicyclic) bond motifs is 9. The van der Waals surface area contributed by atoms with Crippen molar-refractivity contribution < 1.29 is 52.8 Å². The Morgan fingerprint density at radius 2 is 1.55 bits per heavy atom. The number of hydrogen-bond acceptors (Lipinski definition) is 14. The van der Waals surface area contributed by atoms with Crippen molar-refractivity contribution >= 4 is 40.7 Å². The van der Waals surface area contributed by atoms with Crippen LogP contribution < -0.4 is 36.3 Å². The number of carbonyl (C=O) groups excluding carboxylic acids is 5.